The molecule has 0 saturated heterocycles. The topological polar surface area (TPSA) is 52.6 Å². The van der Waals surface area contributed by atoms with E-state index >= 15 is 0 Å². The smallest absolute Gasteiger partial charge is 0.311 e. The van der Waals surface area contributed by atoms with Crippen LogP contribution in [0.1, 0.15) is 90.9 Å². The highest BCUT2D eigenvalue weighted by atomic mass is 16.5. The van der Waals surface area contributed by atoms with Crippen LogP contribution in [0.25, 0.3) is 0 Å². The first-order valence-corrected chi connectivity index (χ1v) is 10.2. The van der Waals surface area contributed by atoms with Gasteiger partial charge in [0.2, 0.25) is 0 Å². The summed E-state index contributed by atoms with van der Waals surface area (Å²) in [4.78, 5) is 23.8. The van der Waals surface area contributed by atoms with E-state index in [-0.39, 0.29) is 11.9 Å². The molecule has 0 aliphatic rings. The maximum absolute atomic E-state index is 11.9. The summed E-state index contributed by atoms with van der Waals surface area (Å²) in [7, 11) is 0. The molecule has 0 unspecified atom stereocenters. The number of hydrogen-bond acceptors (Lipinski definition) is 4. The summed E-state index contributed by atoms with van der Waals surface area (Å²) >= 11 is 0. The summed E-state index contributed by atoms with van der Waals surface area (Å²) in [5.74, 6) is 0.385. The lowest BCUT2D eigenvalue weighted by molar-refractivity contribution is -0.135. The van der Waals surface area contributed by atoms with Crippen LogP contribution in [0.5, 0.6) is 11.5 Å². The van der Waals surface area contributed by atoms with Gasteiger partial charge >= 0.3 is 11.9 Å². The largest absolute Gasteiger partial charge is 0.426 e. The molecule has 0 radical (unpaired) electrons. The molecule has 4 heteroatoms. The van der Waals surface area contributed by atoms with Crippen LogP contribution in [0.15, 0.2) is 24.3 Å². The zero-order valence-electron chi connectivity index (χ0n) is 16.4. The van der Waals surface area contributed by atoms with Gasteiger partial charge in [0.1, 0.15) is 11.5 Å². The molecule has 0 fully saturated rings. The highest BCUT2D eigenvalue weighted by Gasteiger charge is 2.08. The van der Waals surface area contributed by atoms with Gasteiger partial charge < -0.3 is 9.47 Å². The Morgan fingerprint density at radius 1 is 0.692 bits per heavy atom. The molecule has 0 atom stereocenters. The van der Waals surface area contributed by atoms with Gasteiger partial charge in [-0.15, -0.1) is 0 Å². The van der Waals surface area contributed by atoms with Gasteiger partial charge in [-0.25, -0.2) is 0 Å². The van der Waals surface area contributed by atoms with Crippen LogP contribution in [-0.4, -0.2) is 11.9 Å². The second kappa shape index (κ2) is 14.3. The first-order chi connectivity index (χ1) is 12.7. The summed E-state index contributed by atoms with van der Waals surface area (Å²) in [6, 6.07) is 6.74. The minimum absolute atomic E-state index is 0.235. The maximum Gasteiger partial charge on any atom is 0.311 e. The van der Waals surface area contributed by atoms with E-state index in [9.17, 15) is 9.59 Å². The minimum atomic E-state index is -0.235. The van der Waals surface area contributed by atoms with Crippen molar-refractivity contribution < 1.29 is 19.1 Å². The van der Waals surface area contributed by atoms with Crippen LogP contribution in [0.2, 0.25) is 0 Å². The number of ether oxygens (including phenoxy) is 2. The molecule has 0 aliphatic carbocycles. The van der Waals surface area contributed by atoms with Crippen molar-refractivity contribution in [3.63, 3.8) is 0 Å². The molecular formula is C22H34O4. The molecule has 0 amide bonds. The molecule has 0 saturated carbocycles. The van der Waals surface area contributed by atoms with E-state index in [1.807, 2.05) is 0 Å². The number of unbranched alkanes of at least 4 members (excludes halogenated alkanes) is 8. The van der Waals surface area contributed by atoms with E-state index in [1.165, 1.54) is 25.7 Å². The van der Waals surface area contributed by atoms with Crippen molar-refractivity contribution in [2.75, 3.05) is 0 Å². The molecule has 0 spiro atoms. The Hall–Kier alpha value is -1.84. The van der Waals surface area contributed by atoms with Crippen molar-refractivity contribution in [1.82, 2.24) is 0 Å². The predicted molar refractivity (Wildman–Crippen MR) is 104 cm³/mol. The fraction of sp³-hybridized carbons (Fsp3) is 0.636. The Kier molecular flexibility index (Phi) is 12.2. The number of benzene rings is 1. The van der Waals surface area contributed by atoms with Gasteiger partial charge in [-0.1, -0.05) is 71.3 Å². The average molecular weight is 363 g/mol. The lowest BCUT2D eigenvalue weighted by Gasteiger charge is -2.08. The number of rotatable bonds is 14. The predicted octanol–water partition coefficient (Wildman–Crippen LogP) is 6.22. The highest BCUT2D eigenvalue weighted by Crippen LogP contribution is 2.21. The molecule has 0 aromatic heterocycles. The van der Waals surface area contributed by atoms with Crippen LogP contribution in [0, 0.1) is 0 Å². The molecule has 146 valence electrons. The van der Waals surface area contributed by atoms with Gasteiger partial charge in [-0.3, -0.25) is 9.59 Å². The van der Waals surface area contributed by atoms with E-state index < -0.39 is 0 Å². The van der Waals surface area contributed by atoms with Crippen LogP contribution in [-0.2, 0) is 9.59 Å². The van der Waals surface area contributed by atoms with Crippen LogP contribution < -0.4 is 9.47 Å². The van der Waals surface area contributed by atoms with Gasteiger partial charge in [-0.2, -0.15) is 0 Å². The first kappa shape index (κ1) is 22.2. The lowest BCUT2D eigenvalue weighted by atomic mass is 10.1. The Bertz CT molecular complexity index is 481. The third kappa shape index (κ3) is 10.9. The molecule has 4 nitrogen and oxygen atoms in total. The van der Waals surface area contributed by atoms with Gasteiger partial charge in [-0.05, 0) is 25.0 Å². The molecular weight excluding hydrogens is 328 g/mol. The molecule has 0 heterocycles. The van der Waals surface area contributed by atoms with Gasteiger partial charge in [0.25, 0.3) is 0 Å². The fourth-order valence-corrected chi connectivity index (χ4v) is 2.71. The molecule has 1 rings (SSSR count). The van der Waals surface area contributed by atoms with Crippen molar-refractivity contribution in [2.24, 2.45) is 0 Å². The average Bonchev–Trinajstić information content (AvgIpc) is 2.61. The van der Waals surface area contributed by atoms with Gasteiger partial charge in [0.05, 0.1) is 0 Å². The first-order valence-electron chi connectivity index (χ1n) is 10.2. The lowest BCUT2D eigenvalue weighted by Crippen LogP contribution is -2.09. The number of hydrogen-bond donors (Lipinski definition) is 0. The zero-order valence-corrected chi connectivity index (χ0v) is 16.4. The third-order valence-corrected chi connectivity index (χ3v) is 4.24. The molecule has 1 aromatic rings. The Labute approximate surface area is 158 Å². The van der Waals surface area contributed by atoms with Crippen LogP contribution in [0.3, 0.4) is 0 Å². The van der Waals surface area contributed by atoms with Crippen molar-refractivity contribution in [3.8, 4) is 11.5 Å². The number of carbonyl (C=O) groups excluding carboxylic acids is 2. The van der Waals surface area contributed by atoms with Crippen molar-refractivity contribution in [2.45, 2.75) is 90.9 Å². The number of carbonyl (C=O) groups is 2. The van der Waals surface area contributed by atoms with Crippen molar-refractivity contribution >= 4 is 11.9 Å². The summed E-state index contributed by atoms with van der Waals surface area (Å²) in [6.07, 6.45) is 11.8. The number of esters is 2. The van der Waals surface area contributed by atoms with E-state index in [0.29, 0.717) is 24.3 Å². The standard InChI is InChI=1S/C22H34O4/c1-3-5-7-9-11-16-21(23)25-19-14-13-15-20(18-19)26-22(24)17-12-10-8-6-4-2/h13-15,18H,3-12,16-17H2,1-2H3. The Balaban J connectivity index is 2.30. The van der Waals surface area contributed by atoms with Gasteiger partial charge in [0, 0.05) is 18.9 Å². The molecule has 1 aromatic carbocycles. The van der Waals surface area contributed by atoms with Crippen molar-refractivity contribution in [1.29, 1.82) is 0 Å². The van der Waals surface area contributed by atoms with Crippen LogP contribution >= 0.6 is 0 Å². The van der Waals surface area contributed by atoms with E-state index in [1.54, 1.807) is 24.3 Å². The Morgan fingerprint density at radius 2 is 1.12 bits per heavy atom. The minimum Gasteiger partial charge on any atom is -0.426 e. The van der Waals surface area contributed by atoms with Gasteiger partial charge in [0.15, 0.2) is 0 Å². The molecule has 0 bridgehead atoms. The third-order valence-electron chi connectivity index (χ3n) is 4.24. The zero-order chi connectivity index (χ0) is 19.0. The summed E-state index contributed by atoms with van der Waals surface area (Å²) < 4.78 is 10.7. The second-order valence-corrected chi connectivity index (χ2v) is 6.75. The van der Waals surface area contributed by atoms with E-state index in [2.05, 4.69) is 13.8 Å². The molecule has 0 N–H and O–H groups in total. The normalized spacial score (nSPS) is 10.5. The maximum atomic E-state index is 11.9. The SMILES string of the molecule is CCCCCCCC(=O)Oc1cccc(OC(=O)CCCCCCC)c1. The molecule has 0 aliphatic heterocycles. The van der Waals surface area contributed by atoms with Crippen molar-refractivity contribution in [3.05, 3.63) is 24.3 Å². The summed E-state index contributed by atoms with van der Waals surface area (Å²) in [6.45, 7) is 4.33. The monoisotopic (exact) mass is 362 g/mol. The molecule has 26 heavy (non-hydrogen) atoms. The fourth-order valence-electron chi connectivity index (χ4n) is 2.71. The summed E-state index contributed by atoms with van der Waals surface area (Å²) in [5, 5.41) is 0. The quantitative estimate of drug-likeness (QED) is 0.224. The Morgan fingerprint density at radius 3 is 1.54 bits per heavy atom. The van der Waals surface area contributed by atoms with Crippen LogP contribution in [0.4, 0.5) is 0 Å². The van der Waals surface area contributed by atoms with E-state index in [0.717, 1.165) is 38.5 Å². The highest BCUT2D eigenvalue weighted by molar-refractivity contribution is 5.74. The summed E-state index contributed by atoms with van der Waals surface area (Å²) in [5.41, 5.74) is 0. The second-order valence-electron chi connectivity index (χ2n) is 6.75. The van der Waals surface area contributed by atoms with E-state index in [4.69, 9.17) is 9.47 Å².